The van der Waals surface area contributed by atoms with Gasteiger partial charge in [0.05, 0.1) is 21.3 Å². The maximum absolute atomic E-state index is 13.2. The summed E-state index contributed by atoms with van der Waals surface area (Å²) < 4.78 is 27.0. The number of ether oxygens (including phenoxy) is 2. The third-order valence-corrected chi connectivity index (χ3v) is 7.63. The van der Waals surface area contributed by atoms with Crippen LogP contribution in [0.5, 0.6) is 11.5 Å². The molecule has 3 aromatic carbocycles. The predicted octanol–water partition coefficient (Wildman–Crippen LogP) is 7.25. The van der Waals surface area contributed by atoms with Gasteiger partial charge in [-0.1, -0.05) is 12.1 Å². The van der Waals surface area contributed by atoms with E-state index in [1.54, 1.807) is 24.1 Å². The van der Waals surface area contributed by atoms with E-state index in [1.165, 1.54) is 27.5 Å². The zero-order chi connectivity index (χ0) is 24.9. The first kappa shape index (κ1) is 26.0. The minimum Gasteiger partial charge on any atom is -0.493 e. The number of thioether (sulfide) groups is 1. The largest absolute Gasteiger partial charge is 0.493 e. The summed E-state index contributed by atoms with van der Waals surface area (Å²) >= 11 is 5.78. The summed E-state index contributed by atoms with van der Waals surface area (Å²) in [6, 6.07) is 17.8. The quantitative estimate of drug-likeness (QED) is 0.191. The Balaban J connectivity index is 1.58. The minimum atomic E-state index is -0.327. The highest BCUT2D eigenvalue weighted by Gasteiger charge is 2.32. The number of carbonyl (C=O) groups excluding carboxylic acids is 1. The molecule has 0 aliphatic carbocycles. The molecule has 0 saturated carbocycles. The topological polar surface area (TPSA) is 51.1 Å². The molecule has 0 N–H and O–H groups in total. The van der Waals surface area contributed by atoms with Crippen molar-refractivity contribution in [2.45, 2.75) is 13.5 Å². The van der Waals surface area contributed by atoms with Gasteiger partial charge in [-0.05, 0) is 130 Å². The summed E-state index contributed by atoms with van der Waals surface area (Å²) in [5.41, 5.74) is 2.48. The lowest BCUT2D eigenvalue weighted by Crippen LogP contribution is -2.28. The smallest absolute Gasteiger partial charge is 0.266 e. The number of rotatable bonds is 7. The van der Waals surface area contributed by atoms with Crippen LogP contribution in [0.1, 0.15) is 18.1 Å². The molecule has 0 aromatic heterocycles. The van der Waals surface area contributed by atoms with Gasteiger partial charge in [-0.25, -0.2) is 9.38 Å². The second-order valence-electron chi connectivity index (χ2n) is 7.48. The van der Waals surface area contributed by atoms with E-state index in [0.29, 0.717) is 40.4 Å². The molecular formula is C26H21FI2N2O3S. The van der Waals surface area contributed by atoms with E-state index in [9.17, 15) is 9.18 Å². The number of amides is 1. The SMILES string of the molecule is CCN1C(=O)/C(=C\c2cc(I)c(OCc3ccc(I)cc3)c(OC)c2)SC1=Nc1ccc(F)cc1. The summed E-state index contributed by atoms with van der Waals surface area (Å²) in [6.45, 7) is 2.80. The van der Waals surface area contributed by atoms with Crippen molar-refractivity contribution in [2.24, 2.45) is 4.99 Å². The predicted molar refractivity (Wildman–Crippen MR) is 156 cm³/mol. The Hall–Kier alpha value is -2.12. The van der Waals surface area contributed by atoms with Crippen LogP contribution in [0.2, 0.25) is 0 Å². The molecule has 0 bridgehead atoms. The van der Waals surface area contributed by atoms with Gasteiger partial charge in [0.15, 0.2) is 16.7 Å². The average molecular weight is 714 g/mol. The number of benzene rings is 3. The van der Waals surface area contributed by atoms with Crippen molar-refractivity contribution in [3.8, 4) is 11.5 Å². The van der Waals surface area contributed by atoms with Gasteiger partial charge in [0.25, 0.3) is 5.91 Å². The van der Waals surface area contributed by atoms with Gasteiger partial charge in [0.2, 0.25) is 0 Å². The lowest BCUT2D eigenvalue weighted by Gasteiger charge is -2.14. The standard InChI is InChI=1S/C26H21FI2N2O3S/c1-3-31-25(32)23(35-26(31)30-20-10-6-18(27)7-11-20)14-17-12-21(29)24(22(13-17)33-2)34-15-16-4-8-19(28)9-5-16/h4-14H,3,15H2,1-2H3/b23-14+,30-26?. The number of hydrogen-bond acceptors (Lipinski definition) is 5. The summed E-state index contributed by atoms with van der Waals surface area (Å²) in [5, 5.41) is 0.564. The van der Waals surface area contributed by atoms with Crippen LogP contribution >= 0.6 is 56.9 Å². The molecule has 35 heavy (non-hydrogen) atoms. The summed E-state index contributed by atoms with van der Waals surface area (Å²) in [4.78, 5) is 19.7. The molecule has 5 nitrogen and oxygen atoms in total. The van der Waals surface area contributed by atoms with Crippen LogP contribution in [0.25, 0.3) is 6.08 Å². The molecule has 180 valence electrons. The van der Waals surface area contributed by atoms with E-state index in [1.807, 2.05) is 49.4 Å². The van der Waals surface area contributed by atoms with Crippen LogP contribution in [-0.4, -0.2) is 29.6 Å². The van der Waals surface area contributed by atoms with Crippen LogP contribution in [0, 0.1) is 13.0 Å². The number of aliphatic imine (C=N–C) groups is 1. The number of carbonyl (C=O) groups is 1. The van der Waals surface area contributed by atoms with Crippen molar-refractivity contribution < 1.29 is 18.7 Å². The highest BCUT2D eigenvalue weighted by atomic mass is 127. The Labute approximate surface area is 235 Å². The number of halogens is 3. The summed E-state index contributed by atoms with van der Waals surface area (Å²) in [5.74, 6) is 0.808. The van der Waals surface area contributed by atoms with Gasteiger partial charge in [-0.3, -0.25) is 9.69 Å². The molecular weight excluding hydrogens is 693 g/mol. The van der Waals surface area contributed by atoms with Crippen molar-refractivity contribution in [1.82, 2.24) is 4.90 Å². The lowest BCUT2D eigenvalue weighted by molar-refractivity contribution is -0.122. The van der Waals surface area contributed by atoms with Gasteiger partial charge in [0, 0.05) is 10.1 Å². The molecule has 9 heteroatoms. The third kappa shape index (κ3) is 6.36. The molecule has 1 saturated heterocycles. The monoisotopic (exact) mass is 714 g/mol. The molecule has 1 amide bonds. The Kier molecular flexibility index (Phi) is 8.71. The van der Waals surface area contributed by atoms with Crippen LogP contribution in [0.3, 0.4) is 0 Å². The second kappa shape index (κ2) is 11.7. The van der Waals surface area contributed by atoms with Crippen molar-refractivity contribution in [3.05, 3.63) is 89.7 Å². The molecule has 1 aliphatic rings. The number of methoxy groups -OCH3 is 1. The van der Waals surface area contributed by atoms with E-state index in [0.717, 1.165) is 14.7 Å². The fraction of sp³-hybridized carbons (Fsp3) is 0.154. The normalized spacial score (nSPS) is 15.8. The highest BCUT2D eigenvalue weighted by Crippen LogP contribution is 2.38. The van der Waals surface area contributed by atoms with Crippen molar-refractivity contribution in [1.29, 1.82) is 0 Å². The molecule has 1 fully saturated rings. The van der Waals surface area contributed by atoms with Gasteiger partial charge in [-0.2, -0.15) is 0 Å². The molecule has 0 spiro atoms. The van der Waals surface area contributed by atoms with Gasteiger partial charge in [-0.15, -0.1) is 0 Å². The van der Waals surface area contributed by atoms with Crippen LogP contribution in [0.15, 0.2) is 70.6 Å². The molecule has 1 heterocycles. The highest BCUT2D eigenvalue weighted by molar-refractivity contribution is 14.1. The zero-order valence-corrected chi connectivity index (χ0v) is 24.1. The maximum Gasteiger partial charge on any atom is 0.266 e. The first-order chi connectivity index (χ1) is 16.9. The Morgan fingerprint density at radius 2 is 1.80 bits per heavy atom. The van der Waals surface area contributed by atoms with E-state index < -0.39 is 0 Å². The second-order valence-corrected chi connectivity index (χ2v) is 10.9. The lowest BCUT2D eigenvalue weighted by atomic mass is 10.1. The average Bonchev–Trinajstić information content (AvgIpc) is 3.14. The summed E-state index contributed by atoms with van der Waals surface area (Å²) in [6.07, 6.45) is 1.83. The van der Waals surface area contributed by atoms with Crippen LogP contribution < -0.4 is 9.47 Å². The van der Waals surface area contributed by atoms with Crippen LogP contribution in [0.4, 0.5) is 10.1 Å². The molecule has 4 rings (SSSR count). The Morgan fingerprint density at radius 1 is 1.09 bits per heavy atom. The van der Waals surface area contributed by atoms with Crippen molar-refractivity contribution in [3.63, 3.8) is 0 Å². The third-order valence-electron chi connectivity index (χ3n) is 5.10. The Bertz CT molecular complexity index is 1300. The van der Waals surface area contributed by atoms with E-state index in [2.05, 4.69) is 50.2 Å². The zero-order valence-electron chi connectivity index (χ0n) is 18.9. The van der Waals surface area contributed by atoms with E-state index in [-0.39, 0.29) is 11.7 Å². The first-order valence-corrected chi connectivity index (χ1v) is 13.7. The number of likely N-dealkylation sites (N-methyl/N-ethyl adjacent to an activating group) is 1. The van der Waals surface area contributed by atoms with Crippen molar-refractivity contribution in [2.75, 3.05) is 13.7 Å². The molecule has 0 atom stereocenters. The molecule has 0 unspecified atom stereocenters. The fourth-order valence-electron chi connectivity index (χ4n) is 3.35. The fourth-order valence-corrected chi connectivity index (χ4v) is 5.55. The van der Waals surface area contributed by atoms with Gasteiger partial charge in [0.1, 0.15) is 12.4 Å². The molecule has 1 aliphatic heterocycles. The minimum absolute atomic E-state index is 0.119. The summed E-state index contributed by atoms with van der Waals surface area (Å²) in [7, 11) is 1.60. The van der Waals surface area contributed by atoms with E-state index >= 15 is 0 Å². The molecule has 0 radical (unpaired) electrons. The van der Waals surface area contributed by atoms with Gasteiger partial charge >= 0.3 is 0 Å². The van der Waals surface area contributed by atoms with Gasteiger partial charge < -0.3 is 9.47 Å². The van der Waals surface area contributed by atoms with Crippen molar-refractivity contribution >= 4 is 79.8 Å². The number of hydrogen-bond donors (Lipinski definition) is 0. The molecule has 3 aromatic rings. The number of amidine groups is 1. The maximum atomic E-state index is 13.2. The van der Waals surface area contributed by atoms with E-state index in [4.69, 9.17) is 9.47 Å². The Morgan fingerprint density at radius 3 is 2.46 bits per heavy atom. The first-order valence-electron chi connectivity index (χ1n) is 10.7. The van der Waals surface area contributed by atoms with Crippen LogP contribution in [-0.2, 0) is 11.4 Å². The number of nitrogens with zero attached hydrogens (tertiary/aromatic N) is 2.